The Kier molecular flexibility index (Phi) is 6.18. The molecule has 3 rings (SSSR count). The van der Waals surface area contributed by atoms with E-state index in [4.69, 9.17) is 0 Å². The third kappa shape index (κ3) is 4.49. The van der Waals surface area contributed by atoms with Crippen LogP contribution in [0.2, 0.25) is 0 Å². The molecule has 160 valence electrons. The lowest BCUT2D eigenvalue weighted by Crippen LogP contribution is -2.41. The van der Waals surface area contributed by atoms with Crippen LogP contribution in [0.15, 0.2) is 41.3 Å². The number of carbonyl (C=O) groups is 1. The minimum atomic E-state index is -3.65. The van der Waals surface area contributed by atoms with Gasteiger partial charge in [0.05, 0.1) is 9.82 Å². The van der Waals surface area contributed by atoms with Gasteiger partial charge < -0.3 is 5.32 Å². The maximum absolute atomic E-state index is 13.4. The number of hydrogen-bond acceptors (Lipinski definition) is 5. The molecule has 1 saturated heterocycles. The van der Waals surface area contributed by atoms with E-state index < -0.39 is 32.4 Å². The van der Waals surface area contributed by atoms with Crippen molar-refractivity contribution in [2.75, 3.05) is 18.4 Å². The molecule has 1 fully saturated rings. The molecule has 8 nitrogen and oxygen atoms in total. The fraction of sp³-hybridized carbons (Fsp3) is 0.350. The molecule has 0 spiro atoms. The largest absolute Gasteiger partial charge is 0.326 e. The van der Waals surface area contributed by atoms with Gasteiger partial charge in [0.1, 0.15) is 0 Å². The molecular formula is C20H22FN3O5S. The lowest BCUT2D eigenvalue weighted by molar-refractivity contribution is -0.387. The molecule has 1 heterocycles. The molecule has 2 aromatic rings. The van der Waals surface area contributed by atoms with Gasteiger partial charge >= 0.3 is 5.69 Å². The second-order valence-electron chi connectivity index (χ2n) is 7.36. The predicted molar refractivity (Wildman–Crippen MR) is 109 cm³/mol. The third-order valence-electron chi connectivity index (χ3n) is 5.18. The first-order chi connectivity index (χ1) is 14.1. The quantitative estimate of drug-likeness (QED) is 0.572. The Hall–Kier alpha value is -2.85. The first kappa shape index (κ1) is 21.8. The van der Waals surface area contributed by atoms with Crippen LogP contribution >= 0.6 is 0 Å². The Balaban J connectivity index is 1.66. The van der Waals surface area contributed by atoms with E-state index in [9.17, 15) is 27.7 Å². The number of piperidine rings is 1. The minimum Gasteiger partial charge on any atom is -0.326 e. The number of nitro benzene ring substituents is 1. The normalized spacial score (nSPS) is 15.7. The molecule has 30 heavy (non-hydrogen) atoms. The Bertz CT molecular complexity index is 1100. The number of nitrogens with zero attached hydrogens (tertiary/aromatic N) is 2. The van der Waals surface area contributed by atoms with E-state index in [1.807, 2.05) is 13.0 Å². The van der Waals surface area contributed by atoms with Gasteiger partial charge in [-0.05, 0) is 50.5 Å². The number of sulfonamides is 1. The van der Waals surface area contributed by atoms with E-state index in [0.717, 1.165) is 17.7 Å². The summed E-state index contributed by atoms with van der Waals surface area (Å²) >= 11 is 0. The van der Waals surface area contributed by atoms with Crippen LogP contribution in [0.25, 0.3) is 0 Å². The highest BCUT2D eigenvalue weighted by atomic mass is 32.2. The summed E-state index contributed by atoms with van der Waals surface area (Å²) in [4.78, 5) is 22.7. The first-order valence-electron chi connectivity index (χ1n) is 9.42. The van der Waals surface area contributed by atoms with E-state index in [2.05, 4.69) is 5.32 Å². The van der Waals surface area contributed by atoms with Gasteiger partial charge in [0.2, 0.25) is 21.7 Å². The highest BCUT2D eigenvalue weighted by molar-refractivity contribution is 7.89. The van der Waals surface area contributed by atoms with Crippen LogP contribution in [-0.4, -0.2) is 36.6 Å². The number of amides is 1. The Morgan fingerprint density at radius 3 is 2.43 bits per heavy atom. The molecule has 10 heteroatoms. The number of aryl methyl sites for hydroxylation is 2. The Morgan fingerprint density at radius 2 is 1.83 bits per heavy atom. The van der Waals surface area contributed by atoms with Gasteiger partial charge in [0, 0.05) is 30.8 Å². The van der Waals surface area contributed by atoms with E-state index >= 15 is 0 Å². The molecule has 0 aliphatic carbocycles. The molecule has 0 aromatic heterocycles. The Morgan fingerprint density at radius 1 is 1.17 bits per heavy atom. The lowest BCUT2D eigenvalue weighted by atomic mass is 9.97. The molecule has 2 aromatic carbocycles. The Labute approximate surface area is 173 Å². The van der Waals surface area contributed by atoms with Crippen LogP contribution in [0.5, 0.6) is 0 Å². The number of halogens is 1. The summed E-state index contributed by atoms with van der Waals surface area (Å²) in [5.74, 6) is -1.80. The van der Waals surface area contributed by atoms with Crippen LogP contribution in [0.1, 0.15) is 24.0 Å². The highest BCUT2D eigenvalue weighted by Gasteiger charge is 2.33. The van der Waals surface area contributed by atoms with E-state index in [1.165, 1.54) is 10.4 Å². The van der Waals surface area contributed by atoms with Gasteiger partial charge in [-0.1, -0.05) is 17.7 Å². The average molecular weight is 435 g/mol. The molecule has 1 N–H and O–H groups in total. The fourth-order valence-corrected chi connectivity index (χ4v) is 5.24. The second-order valence-corrected chi connectivity index (χ2v) is 9.27. The third-order valence-corrected chi connectivity index (χ3v) is 7.24. The van der Waals surface area contributed by atoms with E-state index in [-0.39, 0.29) is 29.6 Å². The zero-order valence-corrected chi connectivity index (χ0v) is 17.4. The van der Waals surface area contributed by atoms with Gasteiger partial charge in [0.25, 0.3) is 0 Å². The van der Waals surface area contributed by atoms with Crippen LogP contribution < -0.4 is 5.32 Å². The number of hydrogen-bond donors (Lipinski definition) is 1. The van der Waals surface area contributed by atoms with Crippen molar-refractivity contribution in [1.82, 2.24) is 4.31 Å². The molecular weight excluding hydrogens is 413 g/mol. The highest BCUT2D eigenvalue weighted by Crippen LogP contribution is 2.28. The van der Waals surface area contributed by atoms with Crippen molar-refractivity contribution >= 4 is 27.3 Å². The van der Waals surface area contributed by atoms with E-state index in [0.29, 0.717) is 18.4 Å². The number of nitro groups is 1. The summed E-state index contributed by atoms with van der Waals surface area (Å²) in [7, 11) is -3.65. The van der Waals surface area contributed by atoms with Crippen molar-refractivity contribution in [3.05, 3.63) is 63.5 Å². The standard InChI is InChI=1S/C20H22FN3O5S/c1-13-3-6-19(14(2)11-13)30(28,29)23-9-7-15(8-10-23)20(25)22-16-4-5-17(21)18(12-16)24(26)27/h3-6,11-12,15H,7-10H2,1-2H3,(H,22,25). The summed E-state index contributed by atoms with van der Waals surface area (Å²) in [6.07, 6.45) is 0.637. The number of nitrogens with one attached hydrogen (secondary N) is 1. The summed E-state index contributed by atoms with van der Waals surface area (Å²) in [5.41, 5.74) is 1.05. The number of carbonyl (C=O) groups excluding carboxylic acids is 1. The van der Waals surface area contributed by atoms with Crippen molar-refractivity contribution in [3.63, 3.8) is 0 Å². The summed E-state index contributed by atoms with van der Waals surface area (Å²) in [5, 5.41) is 13.4. The first-order valence-corrected chi connectivity index (χ1v) is 10.9. The minimum absolute atomic E-state index is 0.124. The number of rotatable bonds is 5. The smallest absolute Gasteiger partial charge is 0.306 e. The molecule has 0 unspecified atom stereocenters. The number of anilines is 1. The van der Waals surface area contributed by atoms with Gasteiger partial charge in [-0.3, -0.25) is 14.9 Å². The van der Waals surface area contributed by atoms with Gasteiger partial charge in [-0.15, -0.1) is 0 Å². The molecule has 1 aliphatic heterocycles. The summed E-state index contributed by atoms with van der Waals surface area (Å²) in [6, 6.07) is 8.30. The predicted octanol–water partition coefficient (Wildman–Crippen LogP) is 3.39. The van der Waals surface area contributed by atoms with Gasteiger partial charge in [0.15, 0.2) is 0 Å². The maximum atomic E-state index is 13.4. The lowest BCUT2D eigenvalue weighted by Gasteiger charge is -2.31. The van der Waals surface area contributed by atoms with Crippen LogP contribution in [0, 0.1) is 35.7 Å². The van der Waals surface area contributed by atoms with Crippen molar-refractivity contribution in [3.8, 4) is 0 Å². The van der Waals surface area contributed by atoms with Gasteiger partial charge in [-0.2, -0.15) is 8.70 Å². The van der Waals surface area contributed by atoms with E-state index in [1.54, 1.807) is 19.1 Å². The zero-order valence-electron chi connectivity index (χ0n) is 16.6. The maximum Gasteiger partial charge on any atom is 0.306 e. The molecule has 1 aliphatic rings. The fourth-order valence-electron chi connectivity index (χ4n) is 3.56. The number of benzene rings is 2. The van der Waals surface area contributed by atoms with Crippen molar-refractivity contribution in [2.45, 2.75) is 31.6 Å². The summed E-state index contributed by atoms with van der Waals surface area (Å²) < 4.78 is 40.7. The molecule has 0 radical (unpaired) electrons. The molecule has 0 saturated carbocycles. The topological polar surface area (TPSA) is 110 Å². The molecule has 0 bridgehead atoms. The zero-order chi connectivity index (χ0) is 22.1. The van der Waals surface area contributed by atoms with Crippen molar-refractivity contribution in [1.29, 1.82) is 0 Å². The molecule has 1 amide bonds. The van der Waals surface area contributed by atoms with Gasteiger partial charge in [-0.25, -0.2) is 8.42 Å². The van der Waals surface area contributed by atoms with Crippen LogP contribution in [0.4, 0.5) is 15.8 Å². The second kappa shape index (κ2) is 8.49. The van der Waals surface area contributed by atoms with Crippen LogP contribution in [-0.2, 0) is 14.8 Å². The van der Waals surface area contributed by atoms with Crippen LogP contribution in [0.3, 0.4) is 0 Å². The van der Waals surface area contributed by atoms with Crippen molar-refractivity contribution < 1.29 is 22.5 Å². The monoisotopic (exact) mass is 435 g/mol. The molecule has 0 atom stereocenters. The SMILES string of the molecule is Cc1ccc(S(=O)(=O)N2CCC(C(=O)Nc3ccc(F)c([N+](=O)[O-])c3)CC2)c(C)c1. The average Bonchev–Trinajstić information content (AvgIpc) is 2.69. The van der Waals surface area contributed by atoms with Crippen molar-refractivity contribution in [2.24, 2.45) is 5.92 Å². The summed E-state index contributed by atoms with van der Waals surface area (Å²) in [6.45, 7) is 4.03.